The molecule has 0 saturated carbocycles. The number of benzene rings is 1. The molecule has 0 fully saturated rings. The van der Waals surface area contributed by atoms with E-state index in [1.54, 1.807) is 34.8 Å². The summed E-state index contributed by atoms with van der Waals surface area (Å²) in [6.45, 7) is 2.02. The molecule has 5 heteroatoms. The zero-order valence-electron chi connectivity index (χ0n) is 11.1. The summed E-state index contributed by atoms with van der Waals surface area (Å²) < 4.78 is 15.7. The van der Waals surface area contributed by atoms with Gasteiger partial charge in [0.1, 0.15) is 5.82 Å². The second-order valence-electron chi connectivity index (χ2n) is 4.48. The SMILES string of the molecule is CCC(N)C(Sc1cnn(C)c1)c1ccccc1F. The average Bonchev–Trinajstić information content (AvgIpc) is 2.82. The summed E-state index contributed by atoms with van der Waals surface area (Å²) >= 11 is 1.56. The Labute approximate surface area is 117 Å². The van der Waals surface area contributed by atoms with E-state index >= 15 is 0 Å². The molecule has 2 atom stereocenters. The third-order valence-electron chi connectivity index (χ3n) is 3.02. The molecule has 0 bridgehead atoms. The molecule has 0 radical (unpaired) electrons. The van der Waals surface area contributed by atoms with E-state index in [-0.39, 0.29) is 17.1 Å². The van der Waals surface area contributed by atoms with Crippen LogP contribution in [-0.2, 0) is 7.05 Å². The van der Waals surface area contributed by atoms with E-state index in [1.807, 2.05) is 26.2 Å². The highest BCUT2D eigenvalue weighted by Crippen LogP contribution is 2.38. The van der Waals surface area contributed by atoms with Gasteiger partial charge in [0, 0.05) is 29.7 Å². The van der Waals surface area contributed by atoms with Crippen LogP contribution >= 0.6 is 11.8 Å². The number of hydrogen-bond acceptors (Lipinski definition) is 3. The summed E-state index contributed by atoms with van der Waals surface area (Å²) in [6, 6.07) is 6.73. The van der Waals surface area contributed by atoms with E-state index in [2.05, 4.69) is 5.10 Å². The molecule has 0 aliphatic heterocycles. The van der Waals surface area contributed by atoms with Crippen molar-refractivity contribution in [2.45, 2.75) is 29.5 Å². The molecule has 1 aromatic carbocycles. The number of rotatable bonds is 5. The summed E-state index contributed by atoms with van der Waals surface area (Å²) in [4.78, 5) is 1.000. The number of nitrogens with zero attached hydrogens (tertiary/aromatic N) is 2. The van der Waals surface area contributed by atoms with Crippen LogP contribution < -0.4 is 5.73 Å². The topological polar surface area (TPSA) is 43.8 Å². The minimum Gasteiger partial charge on any atom is -0.326 e. The van der Waals surface area contributed by atoms with Crippen molar-refractivity contribution in [1.29, 1.82) is 0 Å². The standard InChI is InChI=1S/C14H18FN3S/c1-3-13(16)14(11-6-4-5-7-12(11)15)19-10-8-17-18(2)9-10/h4-9,13-14H,3,16H2,1-2H3. The maximum absolute atomic E-state index is 14.0. The molecule has 1 heterocycles. The first-order valence-corrected chi connectivity index (χ1v) is 7.15. The van der Waals surface area contributed by atoms with Crippen LogP contribution in [0, 0.1) is 5.82 Å². The Bertz CT molecular complexity index is 541. The molecule has 0 amide bonds. The van der Waals surface area contributed by atoms with E-state index in [9.17, 15) is 4.39 Å². The molecule has 0 aliphatic carbocycles. The zero-order valence-corrected chi connectivity index (χ0v) is 11.9. The monoisotopic (exact) mass is 279 g/mol. The molecular formula is C14H18FN3S. The van der Waals surface area contributed by atoms with Crippen LogP contribution in [-0.4, -0.2) is 15.8 Å². The van der Waals surface area contributed by atoms with E-state index < -0.39 is 0 Å². The molecule has 1 aromatic heterocycles. The van der Waals surface area contributed by atoms with Crippen molar-refractivity contribution in [2.75, 3.05) is 0 Å². The van der Waals surface area contributed by atoms with Gasteiger partial charge in [0.05, 0.1) is 11.4 Å². The van der Waals surface area contributed by atoms with Gasteiger partial charge in [0.15, 0.2) is 0 Å². The van der Waals surface area contributed by atoms with Crippen molar-refractivity contribution in [2.24, 2.45) is 12.8 Å². The first-order valence-electron chi connectivity index (χ1n) is 6.27. The summed E-state index contributed by atoms with van der Waals surface area (Å²) in [5.41, 5.74) is 6.82. The third kappa shape index (κ3) is 3.36. The van der Waals surface area contributed by atoms with Crippen LogP contribution in [0.2, 0.25) is 0 Å². The fraction of sp³-hybridized carbons (Fsp3) is 0.357. The lowest BCUT2D eigenvalue weighted by Crippen LogP contribution is -2.26. The van der Waals surface area contributed by atoms with Crippen LogP contribution in [0.15, 0.2) is 41.6 Å². The molecule has 2 aromatic rings. The zero-order chi connectivity index (χ0) is 13.8. The lowest BCUT2D eigenvalue weighted by Gasteiger charge is -2.22. The second kappa shape index (κ2) is 6.21. The molecule has 0 saturated heterocycles. The van der Waals surface area contributed by atoms with Crippen molar-refractivity contribution in [1.82, 2.24) is 9.78 Å². The molecular weight excluding hydrogens is 261 g/mol. The molecule has 2 rings (SSSR count). The van der Waals surface area contributed by atoms with E-state index in [1.165, 1.54) is 6.07 Å². The maximum Gasteiger partial charge on any atom is 0.127 e. The number of hydrogen-bond donors (Lipinski definition) is 1. The lowest BCUT2D eigenvalue weighted by molar-refractivity contribution is 0.572. The van der Waals surface area contributed by atoms with Gasteiger partial charge in [-0.05, 0) is 12.5 Å². The first-order chi connectivity index (χ1) is 9.11. The Morgan fingerprint density at radius 1 is 1.42 bits per heavy atom. The van der Waals surface area contributed by atoms with Gasteiger partial charge in [-0.25, -0.2) is 4.39 Å². The maximum atomic E-state index is 14.0. The van der Waals surface area contributed by atoms with Gasteiger partial charge in [-0.2, -0.15) is 5.10 Å². The van der Waals surface area contributed by atoms with E-state index in [0.717, 1.165) is 11.3 Å². The highest BCUT2D eigenvalue weighted by Gasteiger charge is 2.23. The van der Waals surface area contributed by atoms with Gasteiger partial charge in [-0.1, -0.05) is 25.1 Å². The fourth-order valence-corrected chi connectivity index (χ4v) is 3.21. The molecule has 2 N–H and O–H groups in total. The minimum atomic E-state index is -0.201. The Morgan fingerprint density at radius 2 is 2.16 bits per heavy atom. The highest BCUT2D eigenvalue weighted by molar-refractivity contribution is 7.99. The second-order valence-corrected chi connectivity index (χ2v) is 5.70. The normalized spacial score (nSPS) is 14.3. The summed E-state index contributed by atoms with van der Waals surface area (Å²) in [5.74, 6) is -0.201. The molecule has 102 valence electrons. The van der Waals surface area contributed by atoms with Gasteiger partial charge in [0.25, 0.3) is 0 Å². The largest absolute Gasteiger partial charge is 0.326 e. The number of thioether (sulfide) groups is 1. The number of aromatic nitrogens is 2. The Balaban J connectivity index is 2.29. The Morgan fingerprint density at radius 3 is 2.74 bits per heavy atom. The van der Waals surface area contributed by atoms with Crippen LogP contribution in [0.3, 0.4) is 0 Å². The number of aryl methyl sites for hydroxylation is 1. The quantitative estimate of drug-likeness (QED) is 0.855. The molecule has 2 unspecified atom stereocenters. The summed E-state index contributed by atoms with van der Waals surface area (Å²) in [5, 5.41) is 4.03. The van der Waals surface area contributed by atoms with Gasteiger partial charge < -0.3 is 5.73 Å². The Kier molecular flexibility index (Phi) is 4.61. The van der Waals surface area contributed by atoms with Crippen molar-refractivity contribution in [3.63, 3.8) is 0 Å². The van der Waals surface area contributed by atoms with Crippen LogP contribution in [0.4, 0.5) is 4.39 Å². The van der Waals surface area contributed by atoms with Crippen LogP contribution in [0.1, 0.15) is 24.2 Å². The predicted octanol–water partition coefficient (Wildman–Crippen LogP) is 3.13. The van der Waals surface area contributed by atoms with Crippen molar-refractivity contribution < 1.29 is 4.39 Å². The number of nitrogens with two attached hydrogens (primary N) is 1. The fourth-order valence-electron chi connectivity index (χ4n) is 1.91. The minimum absolute atomic E-state index is 0.0953. The first kappa shape index (κ1) is 14.1. The van der Waals surface area contributed by atoms with E-state index in [4.69, 9.17) is 5.73 Å². The van der Waals surface area contributed by atoms with Crippen LogP contribution in [0.25, 0.3) is 0 Å². The van der Waals surface area contributed by atoms with Crippen LogP contribution in [0.5, 0.6) is 0 Å². The van der Waals surface area contributed by atoms with Gasteiger partial charge >= 0.3 is 0 Å². The third-order valence-corrected chi connectivity index (χ3v) is 4.36. The van der Waals surface area contributed by atoms with Gasteiger partial charge in [-0.15, -0.1) is 11.8 Å². The Hall–Kier alpha value is -1.33. The predicted molar refractivity (Wildman–Crippen MR) is 76.5 cm³/mol. The smallest absolute Gasteiger partial charge is 0.127 e. The number of halogens is 1. The van der Waals surface area contributed by atoms with Gasteiger partial charge in [-0.3, -0.25) is 4.68 Å². The summed E-state index contributed by atoms with van der Waals surface area (Å²) in [7, 11) is 1.86. The van der Waals surface area contributed by atoms with Crippen molar-refractivity contribution >= 4 is 11.8 Å². The molecule has 0 aliphatic rings. The molecule has 0 spiro atoms. The van der Waals surface area contributed by atoms with Crippen molar-refractivity contribution in [3.8, 4) is 0 Å². The molecule has 19 heavy (non-hydrogen) atoms. The van der Waals surface area contributed by atoms with E-state index in [0.29, 0.717) is 5.56 Å². The average molecular weight is 279 g/mol. The van der Waals surface area contributed by atoms with Crippen molar-refractivity contribution in [3.05, 3.63) is 48.0 Å². The summed E-state index contributed by atoms with van der Waals surface area (Å²) in [6.07, 6.45) is 4.49. The highest BCUT2D eigenvalue weighted by atomic mass is 32.2. The van der Waals surface area contributed by atoms with Gasteiger partial charge in [0.2, 0.25) is 0 Å². The lowest BCUT2D eigenvalue weighted by atomic mass is 10.0. The molecule has 3 nitrogen and oxygen atoms in total.